The molecule has 0 amide bonds. The van der Waals surface area contributed by atoms with E-state index in [9.17, 15) is 9.59 Å². The third-order valence-electron chi connectivity index (χ3n) is 5.96. The second-order valence-electron chi connectivity index (χ2n) is 9.41. The molecule has 0 spiro atoms. The molecule has 0 aromatic heterocycles. The lowest BCUT2D eigenvalue weighted by molar-refractivity contribution is -0.134. The summed E-state index contributed by atoms with van der Waals surface area (Å²) in [5, 5.41) is -0.685. The predicted octanol–water partition coefficient (Wildman–Crippen LogP) is 8.74. The zero-order chi connectivity index (χ0) is 27.5. The third kappa shape index (κ3) is 8.78. The van der Waals surface area contributed by atoms with Crippen molar-refractivity contribution in [3.05, 3.63) is 77.3 Å². The number of esters is 2. The Kier molecular flexibility index (Phi) is 11.5. The Balaban J connectivity index is 1.54. The number of rotatable bonds is 13. The van der Waals surface area contributed by atoms with Crippen LogP contribution in [0.25, 0.3) is 11.1 Å². The monoisotopic (exact) mass is 556 g/mol. The molecule has 0 bridgehead atoms. The van der Waals surface area contributed by atoms with Crippen molar-refractivity contribution in [1.82, 2.24) is 0 Å². The van der Waals surface area contributed by atoms with Crippen LogP contribution in [0.1, 0.15) is 63.2 Å². The summed E-state index contributed by atoms with van der Waals surface area (Å²) in [6.07, 6.45) is 6.04. The minimum Gasteiger partial charge on any atom is -0.494 e. The number of unbranched alkanes of at least 4 members (excludes halogenated alkanes) is 4. The van der Waals surface area contributed by atoms with Crippen molar-refractivity contribution in [3.8, 4) is 28.4 Å². The van der Waals surface area contributed by atoms with Crippen molar-refractivity contribution in [3.63, 3.8) is 0 Å². The molecule has 38 heavy (non-hydrogen) atoms. The van der Waals surface area contributed by atoms with Gasteiger partial charge in [0.05, 0.1) is 17.2 Å². The van der Waals surface area contributed by atoms with Crippen molar-refractivity contribution in [2.45, 2.75) is 58.3 Å². The van der Waals surface area contributed by atoms with Crippen LogP contribution in [-0.2, 0) is 4.79 Å². The fourth-order valence-electron chi connectivity index (χ4n) is 3.67. The van der Waals surface area contributed by atoms with E-state index in [-0.39, 0.29) is 22.3 Å². The average Bonchev–Trinajstić information content (AvgIpc) is 2.92. The minimum absolute atomic E-state index is 0.0909. The van der Waals surface area contributed by atoms with Crippen LogP contribution in [0.4, 0.5) is 0 Å². The maximum absolute atomic E-state index is 12.6. The Labute approximate surface area is 235 Å². The van der Waals surface area contributed by atoms with E-state index in [0.717, 1.165) is 29.9 Å². The fraction of sp³-hybridized carbons (Fsp3) is 0.355. The lowest BCUT2D eigenvalue weighted by Gasteiger charge is -2.13. The molecule has 0 aliphatic heterocycles. The number of carbonyl (C=O) groups is 2. The molecule has 0 heterocycles. The highest BCUT2D eigenvalue weighted by molar-refractivity contribution is 6.33. The lowest BCUT2D eigenvalue weighted by Crippen LogP contribution is -2.25. The minimum atomic E-state index is -0.796. The first-order valence-corrected chi connectivity index (χ1v) is 13.8. The maximum Gasteiger partial charge on any atom is 0.343 e. The van der Waals surface area contributed by atoms with Gasteiger partial charge in [0.25, 0.3) is 0 Å². The zero-order valence-corrected chi connectivity index (χ0v) is 23.6. The Hall–Kier alpha value is -3.02. The number of halogens is 2. The van der Waals surface area contributed by atoms with Gasteiger partial charge in [-0.1, -0.05) is 82.3 Å². The lowest BCUT2D eigenvalue weighted by atomic mass is 10.1. The quantitative estimate of drug-likeness (QED) is 0.0910. The molecule has 0 N–H and O–H groups in total. The highest BCUT2D eigenvalue weighted by Crippen LogP contribution is 2.29. The molecule has 1 atom stereocenters. The van der Waals surface area contributed by atoms with Gasteiger partial charge in [-0.2, -0.15) is 0 Å². The van der Waals surface area contributed by atoms with E-state index in [1.165, 1.54) is 43.9 Å². The molecule has 5 nitrogen and oxygen atoms in total. The number of hydrogen-bond acceptors (Lipinski definition) is 5. The number of alkyl halides is 1. The van der Waals surface area contributed by atoms with E-state index >= 15 is 0 Å². The standard InChI is InChI=1S/C31H34Cl2O5/c1-4-5-6-7-8-19-36-25-14-9-22(10-15-25)23-11-16-26(17-12-23)37-30(34)24-13-18-28(27(32)20-24)38-31(35)29(33)21(2)3/h9-18,20-21,29H,4-8,19H2,1-3H3. The molecule has 7 heteroatoms. The third-order valence-corrected chi connectivity index (χ3v) is 6.94. The van der Waals surface area contributed by atoms with Crippen LogP contribution in [0.15, 0.2) is 66.7 Å². The van der Waals surface area contributed by atoms with Crippen molar-refractivity contribution in [2.75, 3.05) is 6.61 Å². The van der Waals surface area contributed by atoms with Gasteiger partial charge in [0.1, 0.15) is 22.6 Å². The molecule has 202 valence electrons. The van der Waals surface area contributed by atoms with Crippen LogP contribution in [0.5, 0.6) is 17.2 Å². The topological polar surface area (TPSA) is 61.8 Å². The fourth-order valence-corrected chi connectivity index (χ4v) is 3.93. The van der Waals surface area contributed by atoms with Gasteiger partial charge in [0.2, 0.25) is 0 Å². The molecular weight excluding hydrogens is 523 g/mol. The van der Waals surface area contributed by atoms with E-state index in [4.69, 9.17) is 37.4 Å². The van der Waals surface area contributed by atoms with E-state index in [1.807, 2.05) is 50.2 Å². The molecule has 0 aliphatic carbocycles. The van der Waals surface area contributed by atoms with Gasteiger partial charge in [-0.25, -0.2) is 4.79 Å². The number of hydrogen-bond donors (Lipinski definition) is 0. The van der Waals surface area contributed by atoms with Crippen LogP contribution in [0, 0.1) is 5.92 Å². The van der Waals surface area contributed by atoms with E-state index < -0.39 is 17.3 Å². The molecular formula is C31H34Cl2O5. The summed E-state index contributed by atoms with van der Waals surface area (Å²) in [4.78, 5) is 24.7. The van der Waals surface area contributed by atoms with E-state index in [0.29, 0.717) is 5.75 Å². The predicted molar refractivity (Wildman–Crippen MR) is 153 cm³/mol. The summed E-state index contributed by atoms with van der Waals surface area (Å²) in [5.74, 6) is 0.121. The highest BCUT2D eigenvalue weighted by atomic mass is 35.5. The van der Waals surface area contributed by atoms with E-state index in [1.54, 1.807) is 12.1 Å². The first kappa shape index (κ1) is 29.5. The molecule has 0 saturated carbocycles. The molecule has 3 aromatic carbocycles. The summed E-state index contributed by atoms with van der Waals surface area (Å²) >= 11 is 12.3. The number of carbonyl (C=O) groups excluding carboxylic acids is 2. The summed E-state index contributed by atoms with van der Waals surface area (Å²) < 4.78 is 16.6. The van der Waals surface area contributed by atoms with Gasteiger partial charge in [0.15, 0.2) is 0 Å². The number of ether oxygens (including phenoxy) is 3. The van der Waals surface area contributed by atoms with Crippen molar-refractivity contribution in [1.29, 1.82) is 0 Å². The Morgan fingerprint density at radius 2 is 1.39 bits per heavy atom. The number of benzene rings is 3. The van der Waals surface area contributed by atoms with Crippen molar-refractivity contribution < 1.29 is 23.8 Å². The van der Waals surface area contributed by atoms with Crippen molar-refractivity contribution in [2.24, 2.45) is 5.92 Å². The van der Waals surface area contributed by atoms with Gasteiger partial charge in [0, 0.05) is 0 Å². The average molecular weight is 558 g/mol. The van der Waals surface area contributed by atoms with Crippen LogP contribution >= 0.6 is 23.2 Å². The van der Waals surface area contributed by atoms with Gasteiger partial charge >= 0.3 is 11.9 Å². The van der Waals surface area contributed by atoms with Crippen LogP contribution in [0.3, 0.4) is 0 Å². The summed E-state index contributed by atoms with van der Waals surface area (Å²) in [5.41, 5.74) is 2.25. The first-order valence-electron chi connectivity index (χ1n) is 13.0. The molecule has 3 aromatic rings. The first-order chi connectivity index (χ1) is 18.3. The van der Waals surface area contributed by atoms with Gasteiger partial charge in [-0.3, -0.25) is 4.79 Å². The SMILES string of the molecule is CCCCCCCOc1ccc(-c2ccc(OC(=O)c3ccc(OC(=O)C(Cl)C(C)C)c(Cl)c3)cc2)cc1. The smallest absolute Gasteiger partial charge is 0.343 e. The zero-order valence-electron chi connectivity index (χ0n) is 22.0. The van der Waals surface area contributed by atoms with Crippen LogP contribution in [-0.4, -0.2) is 23.9 Å². The van der Waals surface area contributed by atoms with Crippen LogP contribution in [0.2, 0.25) is 5.02 Å². The summed E-state index contributed by atoms with van der Waals surface area (Å²) in [6.45, 7) is 6.57. The second-order valence-corrected chi connectivity index (χ2v) is 10.3. The Morgan fingerprint density at radius 1 is 0.789 bits per heavy atom. The molecule has 1 unspecified atom stereocenters. The van der Waals surface area contributed by atoms with Gasteiger partial charge in [-0.15, -0.1) is 11.6 Å². The van der Waals surface area contributed by atoms with Crippen LogP contribution < -0.4 is 14.2 Å². The summed E-state index contributed by atoms with van der Waals surface area (Å²) in [6, 6.07) is 19.5. The molecule has 3 rings (SSSR count). The Morgan fingerprint density at radius 3 is 1.97 bits per heavy atom. The Bertz CT molecular complexity index is 1190. The van der Waals surface area contributed by atoms with E-state index in [2.05, 4.69) is 6.92 Å². The normalized spacial score (nSPS) is 11.7. The molecule has 0 saturated heterocycles. The summed E-state index contributed by atoms with van der Waals surface area (Å²) in [7, 11) is 0. The molecule has 0 radical (unpaired) electrons. The van der Waals surface area contributed by atoms with Gasteiger partial charge in [-0.05, 0) is 65.9 Å². The van der Waals surface area contributed by atoms with Gasteiger partial charge < -0.3 is 14.2 Å². The van der Waals surface area contributed by atoms with Crippen molar-refractivity contribution >= 4 is 35.1 Å². The second kappa shape index (κ2) is 14.8. The molecule has 0 fully saturated rings. The maximum atomic E-state index is 12.6. The highest BCUT2D eigenvalue weighted by Gasteiger charge is 2.23. The largest absolute Gasteiger partial charge is 0.494 e. The molecule has 0 aliphatic rings.